The molecule has 0 heterocycles. The van der Waals surface area contributed by atoms with Crippen molar-refractivity contribution in [1.29, 1.82) is 0 Å². The van der Waals surface area contributed by atoms with Gasteiger partial charge >= 0.3 is 57.3 Å². The van der Waals surface area contributed by atoms with E-state index in [1.807, 2.05) is 0 Å². The molecule has 0 aromatic rings. The largest absolute Gasteiger partial charge is 4.00 e. The Bertz CT molecular complexity index is 65.1. The van der Waals surface area contributed by atoms with E-state index in [0.29, 0.717) is 0 Å². The zero-order chi connectivity index (χ0) is 9.00. The van der Waals surface area contributed by atoms with Gasteiger partial charge in [-0.15, -0.1) is 0 Å². The molecule has 0 aromatic heterocycles. The molecule has 0 radical (unpaired) electrons. The molecule has 0 aromatic carbocycles. The van der Waals surface area contributed by atoms with Crippen molar-refractivity contribution < 1.29 is 78.3 Å². The predicted molar refractivity (Wildman–Crippen MR) is 17.3 cm³/mol. The molecule has 0 aliphatic rings. The summed E-state index contributed by atoms with van der Waals surface area (Å²) in [5, 5.41) is 0. The molecular formula is AlLiO8Si2W. The fourth-order valence-corrected chi connectivity index (χ4v) is 0. The summed E-state index contributed by atoms with van der Waals surface area (Å²) in [7, 11) is -11.2. The number of hydrogen-bond acceptors (Lipinski definition) is 8. The predicted octanol–water partition coefficient (Wildman–Crippen LogP) is -13.7. The van der Waals surface area contributed by atoms with Gasteiger partial charge in [-0.1, -0.05) is 0 Å². The Morgan fingerprint density at radius 1 is 0.538 bits per heavy atom. The van der Waals surface area contributed by atoms with E-state index in [-0.39, 0.29) is 57.3 Å². The van der Waals surface area contributed by atoms with Crippen LogP contribution in [0.4, 0.5) is 0 Å². The molecule has 0 fully saturated rings. The van der Waals surface area contributed by atoms with Crippen molar-refractivity contribution in [3.05, 3.63) is 0 Å². The molecule has 0 saturated heterocycles. The van der Waals surface area contributed by atoms with Gasteiger partial charge in [0.05, 0.1) is 0 Å². The third-order valence-electron chi connectivity index (χ3n) is 0. The molecule has 13 heavy (non-hydrogen) atoms. The van der Waals surface area contributed by atoms with Crippen molar-refractivity contribution in [2.75, 3.05) is 0 Å². The van der Waals surface area contributed by atoms with E-state index in [1.54, 1.807) is 0 Å². The van der Waals surface area contributed by atoms with Crippen LogP contribution in [0.15, 0.2) is 0 Å². The smallest absolute Gasteiger partial charge is 0.894 e. The Labute approximate surface area is 113 Å². The molecule has 0 bridgehead atoms. The van der Waals surface area contributed by atoms with Crippen LogP contribution in [0, 0.1) is 0 Å². The molecular weight excluding hydrogens is 402 g/mol. The maximum Gasteiger partial charge on any atom is 4.00 e. The number of hydrogen-bond donors (Lipinski definition) is 0. The summed E-state index contributed by atoms with van der Waals surface area (Å²) in [5.41, 5.74) is 0. The van der Waals surface area contributed by atoms with Crippen LogP contribution >= 0.6 is 0 Å². The monoisotopic (exact) mass is 402 g/mol. The average molecular weight is 402 g/mol. The Balaban J connectivity index is -0.0000000267. The second-order valence-corrected chi connectivity index (χ2v) is 3.00. The van der Waals surface area contributed by atoms with Gasteiger partial charge in [0.25, 0.3) is 0 Å². The molecule has 0 aliphatic heterocycles. The quantitative estimate of drug-likeness (QED) is 0.358. The second kappa shape index (κ2) is 12.0. The first-order chi connectivity index (χ1) is 4.00. The van der Waals surface area contributed by atoms with Crippen LogP contribution in [0.25, 0.3) is 0 Å². The van der Waals surface area contributed by atoms with E-state index >= 15 is 0 Å². The molecule has 0 atom stereocenters. The van der Waals surface area contributed by atoms with Gasteiger partial charge in [0.2, 0.25) is 0 Å². The molecule has 0 unspecified atom stereocenters. The van der Waals surface area contributed by atoms with Gasteiger partial charge in [-0.3, -0.25) is 0 Å². The van der Waals surface area contributed by atoms with E-state index in [2.05, 4.69) is 0 Å². The van der Waals surface area contributed by atoms with E-state index in [0.717, 1.165) is 0 Å². The van der Waals surface area contributed by atoms with Crippen molar-refractivity contribution in [2.24, 2.45) is 0 Å². The maximum absolute atomic E-state index is 8.58. The summed E-state index contributed by atoms with van der Waals surface area (Å²) < 4.78 is 0. The molecule has 0 N–H and O–H groups in total. The van der Waals surface area contributed by atoms with Gasteiger partial charge in [-0.2, -0.15) is 0 Å². The van der Waals surface area contributed by atoms with Crippen LogP contribution in [0.2, 0.25) is 0 Å². The Morgan fingerprint density at radius 2 is 0.538 bits per heavy atom. The molecule has 0 rings (SSSR count). The topological polar surface area (TPSA) is 184 Å². The van der Waals surface area contributed by atoms with Gasteiger partial charge < -0.3 is 56.5 Å². The molecule has 8 nitrogen and oxygen atoms in total. The molecule has 0 spiro atoms. The summed E-state index contributed by atoms with van der Waals surface area (Å²) in [4.78, 5) is 68.6. The van der Waals surface area contributed by atoms with Gasteiger partial charge in [-0.25, -0.2) is 0 Å². The summed E-state index contributed by atoms with van der Waals surface area (Å²) in [6.45, 7) is 0. The summed E-state index contributed by atoms with van der Waals surface area (Å²) in [6.07, 6.45) is 0. The second-order valence-electron chi connectivity index (χ2n) is 1.00. The van der Waals surface area contributed by atoms with Gasteiger partial charge in [0, 0.05) is 0 Å². The standard InChI is InChI=1S/Al.Li.2O4Si.W/c;;2*1-5(2,3)4;/q+3;+1;2*-4;+4. The van der Waals surface area contributed by atoms with Crippen LogP contribution in [0.3, 0.4) is 0 Å². The first-order valence-corrected chi connectivity index (χ1v) is 4.90. The van der Waals surface area contributed by atoms with Crippen LogP contribution in [0.1, 0.15) is 0 Å². The molecule has 0 amide bonds. The summed E-state index contributed by atoms with van der Waals surface area (Å²) in [5.74, 6) is 0. The van der Waals surface area contributed by atoms with Crippen molar-refractivity contribution in [2.45, 2.75) is 0 Å². The van der Waals surface area contributed by atoms with Crippen molar-refractivity contribution in [3.63, 3.8) is 0 Å². The normalized spacial score (nSPS) is 9.23. The van der Waals surface area contributed by atoms with E-state index in [4.69, 9.17) is 38.4 Å². The van der Waals surface area contributed by atoms with E-state index < -0.39 is 18.1 Å². The minimum absolute atomic E-state index is 0. The van der Waals surface area contributed by atoms with Crippen LogP contribution < -0.4 is 57.2 Å². The van der Waals surface area contributed by atoms with Crippen LogP contribution in [-0.4, -0.2) is 35.5 Å². The minimum atomic E-state index is -5.61. The van der Waals surface area contributed by atoms with E-state index in [9.17, 15) is 0 Å². The zero-order valence-corrected chi connectivity index (χ0v) is 12.3. The Kier molecular flexibility index (Phi) is 27.1. The third-order valence-corrected chi connectivity index (χ3v) is 0. The Hall–Kier alpha value is 1.93. The zero-order valence-electron chi connectivity index (χ0n) is 6.25. The molecule has 0 aliphatic carbocycles. The molecule has 0 saturated carbocycles. The number of rotatable bonds is 0. The van der Waals surface area contributed by atoms with Crippen molar-refractivity contribution >= 4 is 35.5 Å². The average Bonchev–Trinajstić information content (AvgIpc) is 1.12. The maximum atomic E-state index is 8.58. The fourth-order valence-electron chi connectivity index (χ4n) is 0. The first-order valence-electron chi connectivity index (χ1n) is 1.63. The minimum Gasteiger partial charge on any atom is -0.894 e. The van der Waals surface area contributed by atoms with Crippen molar-refractivity contribution in [3.8, 4) is 0 Å². The Morgan fingerprint density at radius 3 is 0.538 bits per heavy atom. The van der Waals surface area contributed by atoms with Crippen LogP contribution in [0.5, 0.6) is 0 Å². The van der Waals surface area contributed by atoms with Gasteiger partial charge in [0.15, 0.2) is 0 Å². The third kappa shape index (κ3) is 531. The SMILES string of the molecule is [Al+3].[Li+].[O-][Si]([O-])([O-])[O-].[O-][Si]([O-])([O-])[O-].[W+4]. The molecule has 66 valence electrons. The van der Waals surface area contributed by atoms with Gasteiger partial charge in [-0.05, 0) is 0 Å². The molecule has 13 heteroatoms. The fraction of sp³-hybridized carbons (Fsp3) is 0. The van der Waals surface area contributed by atoms with Crippen molar-refractivity contribution in [1.82, 2.24) is 0 Å². The first kappa shape index (κ1) is 29.4. The van der Waals surface area contributed by atoms with Gasteiger partial charge in [0.1, 0.15) is 0 Å². The van der Waals surface area contributed by atoms with Crippen LogP contribution in [-0.2, 0) is 21.1 Å². The van der Waals surface area contributed by atoms with E-state index in [1.165, 1.54) is 0 Å². The summed E-state index contributed by atoms with van der Waals surface area (Å²) in [6, 6.07) is 0. The summed E-state index contributed by atoms with van der Waals surface area (Å²) >= 11 is 0.